The van der Waals surface area contributed by atoms with Crippen molar-refractivity contribution < 1.29 is 4.84 Å². The quantitative estimate of drug-likeness (QED) is 0.471. The van der Waals surface area contributed by atoms with Crippen molar-refractivity contribution in [3.8, 4) is 0 Å². The predicted molar refractivity (Wildman–Crippen MR) is 29.1 cm³/mol. The van der Waals surface area contributed by atoms with Crippen LogP contribution in [0.15, 0.2) is 5.41 Å². The molecule has 0 aromatic rings. The van der Waals surface area contributed by atoms with Gasteiger partial charge in [0.2, 0.25) is 0 Å². The third-order valence-corrected chi connectivity index (χ3v) is 1.46. The van der Waals surface area contributed by atoms with Crippen LogP contribution in [0.1, 0.15) is 0 Å². The van der Waals surface area contributed by atoms with Crippen LogP contribution in [0.25, 0.3) is 0 Å². The van der Waals surface area contributed by atoms with E-state index in [0.717, 1.165) is 6.54 Å². The van der Waals surface area contributed by atoms with E-state index in [2.05, 4.69) is 6.08 Å². The molecular formula is C4H6NOS. The molecule has 0 aromatic carbocycles. The molecule has 0 bridgehead atoms. The third kappa shape index (κ3) is 1.19. The summed E-state index contributed by atoms with van der Waals surface area (Å²) in [6.07, 6.45) is 2.96. The Morgan fingerprint density at radius 1 is 2.00 bits per heavy atom. The summed E-state index contributed by atoms with van der Waals surface area (Å²) in [5.41, 5.74) is 0. The Balaban J connectivity index is 2.22. The molecule has 0 N–H and O–H groups in total. The fourth-order valence-electron chi connectivity index (χ4n) is 0.353. The molecule has 0 fully saturated rings. The maximum Gasteiger partial charge on any atom is 0.0619 e. The zero-order chi connectivity index (χ0) is 5.11. The van der Waals surface area contributed by atoms with Gasteiger partial charge in [-0.15, -0.1) is 4.47 Å². The fraction of sp³-hybridized carbons (Fsp3) is 0.500. The standard InChI is InChI=1S/C4H6NOS/c1-6-5-3-2-4-7-5/h4H,3H2,1H3. The summed E-state index contributed by atoms with van der Waals surface area (Å²) < 4.78 is 1.74. The fourth-order valence-corrected chi connectivity index (χ4v) is 0.854. The topological polar surface area (TPSA) is 12.5 Å². The molecule has 0 unspecified atom stereocenters. The molecule has 0 amide bonds. The van der Waals surface area contributed by atoms with Crippen LogP contribution in [0.2, 0.25) is 0 Å². The van der Waals surface area contributed by atoms with Gasteiger partial charge in [0.05, 0.1) is 13.7 Å². The molecular weight excluding hydrogens is 110 g/mol. The molecule has 0 aromatic heterocycles. The largest absolute Gasteiger partial charge is 0.291 e. The van der Waals surface area contributed by atoms with E-state index in [4.69, 9.17) is 4.84 Å². The van der Waals surface area contributed by atoms with E-state index in [1.165, 1.54) is 11.9 Å². The Hall–Kier alpha value is 0.01000. The van der Waals surface area contributed by atoms with Gasteiger partial charge in [0.25, 0.3) is 0 Å². The Morgan fingerprint density at radius 3 is 3.14 bits per heavy atom. The van der Waals surface area contributed by atoms with Gasteiger partial charge in [-0.1, -0.05) is 0 Å². The van der Waals surface area contributed by atoms with E-state index in [-0.39, 0.29) is 0 Å². The minimum atomic E-state index is 0.779. The average molecular weight is 116 g/mol. The highest BCUT2D eigenvalue weighted by Gasteiger charge is 2.03. The number of rotatable bonds is 1. The van der Waals surface area contributed by atoms with Gasteiger partial charge in [-0.05, 0) is 23.4 Å². The van der Waals surface area contributed by atoms with Crippen LogP contribution in [-0.2, 0) is 4.84 Å². The van der Waals surface area contributed by atoms with E-state index >= 15 is 0 Å². The molecule has 3 heteroatoms. The molecule has 1 aliphatic rings. The number of nitrogens with zero attached hydrogens (tertiary/aromatic N) is 1. The lowest BCUT2D eigenvalue weighted by Crippen LogP contribution is -2.08. The lowest BCUT2D eigenvalue weighted by Gasteiger charge is -2.06. The minimum Gasteiger partial charge on any atom is -0.291 e. The highest BCUT2D eigenvalue weighted by molar-refractivity contribution is 7.99. The van der Waals surface area contributed by atoms with Gasteiger partial charge in [-0.2, -0.15) is 0 Å². The van der Waals surface area contributed by atoms with E-state index < -0.39 is 0 Å². The maximum atomic E-state index is 4.81. The number of hydroxylamine groups is 1. The second-order valence-electron chi connectivity index (χ2n) is 1.10. The van der Waals surface area contributed by atoms with E-state index in [9.17, 15) is 0 Å². The minimum absolute atomic E-state index is 0.779. The van der Waals surface area contributed by atoms with Crippen molar-refractivity contribution in [1.82, 2.24) is 4.47 Å². The first-order chi connectivity index (χ1) is 3.43. The summed E-state index contributed by atoms with van der Waals surface area (Å²) in [7, 11) is 1.65. The van der Waals surface area contributed by atoms with Crippen LogP contribution in [0.5, 0.6) is 0 Å². The maximum absolute atomic E-state index is 4.81. The third-order valence-electron chi connectivity index (χ3n) is 0.678. The van der Waals surface area contributed by atoms with Gasteiger partial charge in [-0.3, -0.25) is 4.84 Å². The molecule has 1 aliphatic heterocycles. The summed E-state index contributed by atoms with van der Waals surface area (Å²) in [5, 5.41) is 1.88. The Bertz CT molecular complexity index is 75.8. The molecule has 39 valence electrons. The first-order valence-corrected chi connectivity index (χ1v) is 2.80. The molecule has 0 atom stereocenters. The molecule has 7 heavy (non-hydrogen) atoms. The molecule has 1 heterocycles. The number of hydrogen-bond donors (Lipinski definition) is 0. The average Bonchev–Trinajstić information content (AvgIpc) is 2.14. The zero-order valence-corrected chi connectivity index (χ0v) is 4.86. The van der Waals surface area contributed by atoms with Crippen molar-refractivity contribution in [3.05, 3.63) is 11.5 Å². The van der Waals surface area contributed by atoms with Gasteiger partial charge in [0.1, 0.15) is 0 Å². The van der Waals surface area contributed by atoms with Crippen molar-refractivity contribution >= 4 is 11.9 Å². The Morgan fingerprint density at radius 2 is 2.86 bits per heavy atom. The van der Waals surface area contributed by atoms with Crippen LogP contribution >= 0.6 is 11.9 Å². The van der Waals surface area contributed by atoms with Crippen LogP contribution < -0.4 is 0 Å². The van der Waals surface area contributed by atoms with Crippen molar-refractivity contribution in [2.45, 2.75) is 0 Å². The lowest BCUT2D eigenvalue weighted by molar-refractivity contribution is -0.0262. The molecule has 0 saturated heterocycles. The predicted octanol–water partition coefficient (Wildman–Crippen LogP) is 0.828. The summed E-state index contributed by atoms with van der Waals surface area (Å²) in [6.45, 7) is 0.779. The summed E-state index contributed by atoms with van der Waals surface area (Å²) in [4.78, 5) is 4.81. The number of hydrogen-bond acceptors (Lipinski definition) is 3. The van der Waals surface area contributed by atoms with Crippen LogP contribution in [-0.4, -0.2) is 18.1 Å². The first-order valence-electron chi connectivity index (χ1n) is 1.97. The summed E-state index contributed by atoms with van der Waals surface area (Å²) >= 11 is 1.52. The van der Waals surface area contributed by atoms with Gasteiger partial charge in [-0.25, -0.2) is 0 Å². The van der Waals surface area contributed by atoms with Gasteiger partial charge in [0.15, 0.2) is 0 Å². The van der Waals surface area contributed by atoms with Gasteiger partial charge < -0.3 is 0 Å². The van der Waals surface area contributed by atoms with Crippen molar-refractivity contribution in [2.75, 3.05) is 13.7 Å². The van der Waals surface area contributed by atoms with E-state index in [1.54, 1.807) is 11.6 Å². The summed E-state index contributed by atoms with van der Waals surface area (Å²) in [5.74, 6) is 0. The Labute approximate surface area is 47.2 Å². The molecule has 2 nitrogen and oxygen atoms in total. The molecule has 1 radical (unpaired) electrons. The van der Waals surface area contributed by atoms with Crippen molar-refractivity contribution in [3.63, 3.8) is 0 Å². The smallest absolute Gasteiger partial charge is 0.0619 e. The monoisotopic (exact) mass is 116 g/mol. The zero-order valence-electron chi connectivity index (χ0n) is 4.05. The van der Waals surface area contributed by atoms with Crippen LogP contribution in [0, 0.1) is 6.08 Å². The molecule has 0 spiro atoms. The second-order valence-corrected chi connectivity index (χ2v) is 1.95. The SMILES string of the molecule is CON1C[C]=CS1. The summed E-state index contributed by atoms with van der Waals surface area (Å²) in [6, 6.07) is 0. The molecule has 1 rings (SSSR count). The first kappa shape index (κ1) is 5.15. The van der Waals surface area contributed by atoms with Crippen molar-refractivity contribution in [1.29, 1.82) is 0 Å². The van der Waals surface area contributed by atoms with E-state index in [0.29, 0.717) is 0 Å². The molecule has 0 aliphatic carbocycles. The Kier molecular flexibility index (Phi) is 1.73. The second kappa shape index (κ2) is 2.35. The normalized spacial score (nSPS) is 21.3. The van der Waals surface area contributed by atoms with Gasteiger partial charge in [0, 0.05) is 0 Å². The van der Waals surface area contributed by atoms with Crippen LogP contribution in [0.4, 0.5) is 0 Å². The molecule has 0 saturated carbocycles. The van der Waals surface area contributed by atoms with Crippen LogP contribution in [0.3, 0.4) is 0 Å². The van der Waals surface area contributed by atoms with Gasteiger partial charge >= 0.3 is 0 Å². The van der Waals surface area contributed by atoms with Crippen molar-refractivity contribution in [2.24, 2.45) is 0 Å². The highest BCUT2D eigenvalue weighted by atomic mass is 32.2. The highest BCUT2D eigenvalue weighted by Crippen LogP contribution is 2.15. The lowest BCUT2D eigenvalue weighted by atomic mass is 10.7. The van der Waals surface area contributed by atoms with E-state index in [1.807, 2.05) is 5.41 Å².